The van der Waals surface area contributed by atoms with Crippen LogP contribution in [-0.4, -0.2) is 10.7 Å². The summed E-state index contributed by atoms with van der Waals surface area (Å²) in [5, 5.41) is 5.14. The Kier molecular flexibility index (Phi) is 4.02. The van der Waals surface area contributed by atoms with E-state index in [1.807, 2.05) is 6.92 Å². The molecule has 0 atom stereocenters. The zero-order valence-corrected chi connectivity index (χ0v) is 13.4. The monoisotopic (exact) mass is 325 g/mol. The third kappa shape index (κ3) is 2.57. The molecular weight excluding hydrogens is 310 g/mol. The Hall–Kier alpha value is -0.940. The zero-order valence-electron chi connectivity index (χ0n) is 11.0. The van der Waals surface area contributed by atoms with E-state index < -0.39 is 0 Å². The highest BCUT2D eigenvalue weighted by Crippen LogP contribution is 2.34. The lowest BCUT2D eigenvalue weighted by atomic mass is 10.1. The molecule has 0 aliphatic rings. The van der Waals surface area contributed by atoms with Gasteiger partial charge in [-0.25, -0.2) is 4.98 Å². The lowest BCUT2D eigenvalue weighted by Crippen LogP contribution is -1.94. The molecule has 1 heterocycles. The van der Waals surface area contributed by atoms with E-state index in [4.69, 9.17) is 0 Å². The van der Waals surface area contributed by atoms with E-state index >= 15 is 0 Å². The number of hydrogen-bond donors (Lipinski definition) is 1. The van der Waals surface area contributed by atoms with Gasteiger partial charge in [0.25, 0.3) is 0 Å². The second kappa shape index (κ2) is 5.36. The van der Waals surface area contributed by atoms with Crippen LogP contribution in [0.4, 0.5) is 5.13 Å². The maximum absolute atomic E-state index is 4.60. The molecule has 0 spiro atoms. The van der Waals surface area contributed by atoms with Crippen molar-refractivity contribution in [3.63, 3.8) is 0 Å². The van der Waals surface area contributed by atoms with Crippen molar-refractivity contribution in [1.82, 2.24) is 4.98 Å². The van der Waals surface area contributed by atoms with Crippen molar-refractivity contribution in [2.24, 2.45) is 5.10 Å². The number of anilines is 1. The smallest absolute Gasteiger partial charge is 0.204 e. The SMILES string of the molecule is CC/C(C)=N/Nc1nc2c(C)cc(Br)c(C)c2s1. The molecule has 3 nitrogen and oxygen atoms in total. The van der Waals surface area contributed by atoms with Crippen LogP contribution < -0.4 is 5.43 Å². The molecule has 0 aliphatic carbocycles. The highest BCUT2D eigenvalue weighted by molar-refractivity contribution is 9.10. The Morgan fingerprint density at radius 2 is 2.22 bits per heavy atom. The van der Waals surface area contributed by atoms with Gasteiger partial charge in [0.15, 0.2) is 0 Å². The summed E-state index contributed by atoms with van der Waals surface area (Å²) >= 11 is 5.23. The Bertz CT molecular complexity index is 616. The molecule has 96 valence electrons. The highest BCUT2D eigenvalue weighted by Gasteiger charge is 2.11. The molecule has 5 heteroatoms. The fraction of sp³-hybridized carbons (Fsp3) is 0.385. The Labute approximate surface area is 119 Å². The average molecular weight is 326 g/mol. The van der Waals surface area contributed by atoms with E-state index in [0.717, 1.165) is 27.3 Å². The summed E-state index contributed by atoms with van der Waals surface area (Å²) in [5.41, 5.74) is 7.59. The van der Waals surface area contributed by atoms with E-state index in [1.165, 1.54) is 15.8 Å². The van der Waals surface area contributed by atoms with Crippen LogP contribution in [0.5, 0.6) is 0 Å². The van der Waals surface area contributed by atoms with Crippen LogP contribution in [0.1, 0.15) is 31.4 Å². The molecule has 0 unspecified atom stereocenters. The van der Waals surface area contributed by atoms with Crippen molar-refractivity contribution in [3.05, 3.63) is 21.7 Å². The molecule has 0 saturated heterocycles. The number of thiazole rings is 1. The van der Waals surface area contributed by atoms with Gasteiger partial charge < -0.3 is 0 Å². The summed E-state index contributed by atoms with van der Waals surface area (Å²) in [6.07, 6.45) is 0.946. The molecule has 1 aromatic heterocycles. The first-order valence-corrected chi connectivity index (χ1v) is 7.49. The Morgan fingerprint density at radius 1 is 1.50 bits per heavy atom. The minimum Gasteiger partial charge on any atom is -0.253 e. The lowest BCUT2D eigenvalue weighted by molar-refractivity contribution is 1.20. The quantitative estimate of drug-likeness (QED) is 0.645. The highest BCUT2D eigenvalue weighted by atomic mass is 79.9. The zero-order chi connectivity index (χ0) is 13.3. The molecule has 0 saturated carbocycles. The van der Waals surface area contributed by atoms with Crippen LogP contribution in [0, 0.1) is 13.8 Å². The molecule has 1 N–H and O–H groups in total. The summed E-state index contributed by atoms with van der Waals surface area (Å²) in [4.78, 5) is 4.60. The van der Waals surface area contributed by atoms with Crippen molar-refractivity contribution in [1.29, 1.82) is 0 Å². The van der Waals surface area contributed by atoms with Crippen molar-refractivity contribution in [2.45, 2.75) is 34.1 Å². The topological polar surface area (TPSA) is 37.3 Å². The van der Waals surface area contributed by atoms with E-state index in [-0.39, 0.29) is 0 Å². The normalized spacial score (nSPS) is 12.2. The summed E-state index contributed by atoms with van der Waals surface area (Å²) in [6, 6.07) is 2.11. The molecule has 1 aromatic carbocycles. The standard InChI is InChI=1S/C13H16BrN3S/c1-5-8(3)16-17-13-15-11-7(2)6-10(14)9(4)12(11)18-13/h6H,5H2,1-4H3,(H,15,17)/b16-8+. The average Bonchev–Trinajstić information content (AvgIpc) is 2.78. The summed E-state index contributed by atoms with van der Waals surface area (Å²) in [6.45, 7) is 8.28. The van der Waals surface area contributed by atoms with Crippen molar-refractivity contribution < 1.29 is 0 Å². The molecule has 0 amide bonds. The minimum absolute atomic E-state index is 0.849. The fourth-order valence-corrected chi connectivity index (χ4v) is 3.25. The minimum atomic E-state index is 0.849. The molecule has 0 fully saturated rings. The predicted octanol–water partition coefficient (Wildman–Crippen LogP) is 4.87. The predicted molar refractivity (Wildman–Crippen MR) is 83.8 cm³/mol. The van der Waals surface area contributed by atoms with Crippen LogP contribution in [-0.2, 0) is 0 Å². The van der Waals surface area contributed by atoms with Crippen molar-refractivity contribution in [3.8, 4) is 0 Å². The molecular formula is C13H16BrN3S. The lowest BCUT2D eigenvalue weighted by Gasteiger charge is -2.01. The van der Waals surface area contributed by atoms with Gasteiger partial charge in [0.1, 0.15) is 0 Å². The van der Waals surface area contributed by atoms with E-state index in [1.54, 1.807) is 11.3 Å². The fourth-order valence-electron chi connectivity index (χ4n) is 1.59. The van der Waals surface area contributed by atoms with Gasteiger partial charge in [-0.15, -0.1) is 0 Å². The molecule has 18 heavy (non-hydrogen) atoms. The number of hydrogen-bond acceptors (Lipinski definition) is 4. The number of nitrogens with one attached hydrogen (secondary N) is 1. The van der Waals surface area contributed by atoms with Gasteiger partial charge in [-0.05, 0) is 44.4 Å². The molecule has 2 aromatic rings. The van der Waals surface area contributed by atoms with Crippen molar-refractivity contribution in [2.75, 3.05) is 5.43 Å². The first kappa shape index (κ1) is 13.5. The Balaban J connectivity index is 2.44. The molecule has 0 radical (unpaired) electrons. The number of rotatable bonds is 3. The molecule has 2 rings (SSSR count). The summed E-state index contributed by atoms with van der Waals surface area (Å²) < 4.78 is 2.35. The van der Waals surface area contributed by atoms with Gasteiger partial charge in [0.05, 0.1) is 10.2 Å². The van der Waals surface area contributed by atoms with Crippen LogP contribution >= 0.6 is 27.3 Å². The van der Waals surface area contributed by atoms with Gasteiger partial charge in [0.2, 0.25) is 5.13 Å². The van der Waals surface area contributed by atoms with Gasteiger partial charge in [0, 0.05) is 10.2 Å². The van der Waals surface area contributed by atoms with Gasteiger partial charge in [-0.2, -0.15) is 5.10 Å². The van der Waals surface area contributed by atoms with Gasteiger partial charge in [-0.1, -0.05) is 34.2 Å². The Morgan fingerprint density at radius 3 is 2.89 bits per heavy atom. The number of fused-ring (bicyclic) bond motifs is 1. The number of aromatic nitrogens is 1. The van der Waals surface area contributed by atoms with Crippen LogP contribution in [0.3, 0.4) is 0 Å². The third-order valence-electron chi connectivity index (χ3n) is 2.90. The van der Waals surface area contributed by atoms with Crippen molar-refractivity contribution >= 4 is 48.3 Å². The van der Waals surface area contributed by atoms with Crippen LogP contribution in [0.2, 0.25) is 0 Å². The number of nitrogens with zero attached hydrogens (tertiary/aromatic N) is 2. The largest absolute Gasteiger partial charge is 0.253 e. The van der Waals surface area contributed by atoms with E-state index in [0.29, 0.717) is 0 Å². The first-order chi connectivity index (χ1) is 8.52. The molecule has 0 bridgehead atoms. The van der Waals surface area contributed by atoms with Gasteiger partial charge in [-0.3, -0.25) is 5.43 Å². The molecule has 0 aliphatic heterocycles. The third-order valence-corrected chi connectivity index (χ3v) is 4.80. The van der Waals surface area contributed by atoms with Crippen LogP contribution in [0.15, 0.2) is 15.6 Å². The number of aryl methyl sites for hydroxylation is 2. The second-order valence-electron chi connectivity index (χ2n) is 4.31. The number of halogens is 1. The summed E-state index contributed by atoms with van der Waals surface area (Å²) in [5.74, 6) is 0. The summed E-state index contributed by atoms with van der Waals surface area (Å²) in [7, 11) is 0. The van der Waals surface area contributed by atoms with Gasteiger partial charge >= 0.3 is 0 Å². The maximum atomic E-state index is 4.60. The number of benzene rings is 1. The second-order valence-corrected chi connectivity index (χ2v) is 6.16. The van der Waals surface area contributed by atoms with E-state index in [9.17, 15) is 0 Å². The van der Waals surface area contributed by atoms with E-state index in [2.05, 4.69) is 58.3 Å². The van der Waals surface area contributed by atoms with Crippen LogP contribution in [0.25, 0.3) is 10.2 Å². The number of hydrazone groups is 1. The first-order valence-electron chi connectivity index (χ1n) is 5.88. The maximum Gasteiger partial charge on any atom is 0.204 e.